The van der Waals surface area contributed by atoms with E-state index in [2.05, 4.69) is 10.0 Å². The zero-order valence-electron chi connectivity index (χ0n) is 17.4. The quantitative estimate of drug-likeness (QED) is 0.649. The molecule has 0 aromatic heterocycles. The van der Waals surface area contributed by atoms with Crippen molar-refractivity contribution in [3.8, 4) is 11.5 Å². The van der Waals surface area contributed by atoms with E-state index in [4.69, 9.17) is 9.47 Å². The highest BCUT2D eigenvalue weighted by Gasteiger charge is 2.18. The van der Waals surface area contributed by atoms with Crippen molar-refractivity contribution in [3.63, 3.8) is 0 Å². The number of carbonyl (C=O) groups excluding carboxylic acids is 1. The smallest absolute Gasteiger partial charge is 0.240 e. The number of hydrogen-bond donors (Lipinski definition) is 2. The Balaban J connectivity index is 2.12. The van der Waals surface area contributed by atoms with E-state index in [1.807, 2.05) is 25.1 Å². The Morgan fingerprint density at radius 2 is 1.69 bits per heavy atom. The van der Waals surface area contributed by atoms with Crippen LogP contribution in [0.4, 0.5) is 5.69 Å². The second-order valence-corrected chi connectivity index (χ2v) is 8.70. The molecule has 0 heterocycles. The molecule has 0 aliphatic heterocycles. The zero-order chi connectivity index (χ0) is 21.6. The predicted octanol–water partition coefficient (Wildman–Crippen LogP) is 3.27. The van der Waals surface area contributed by atoms with Crippen molar-refractivity contribution in [2.75, 3.05) is 19.5 Å². The maximum atomic E-state index is 12.4. The Morgan fingerprint density at radius 3 is 2.28 bits per heavy atom. The highest BCUT2D eigenvalue weighted by atomic mass is 32.2. The topological polar surface area (TPSA) is 93.7 Å². The van der Waals surface area contributed by atoms with Gasteiger partial charge >= 0.3 is 0 Å². The number of rotatable bonds is 9. The molecule has 0 spiro atoms. The van der Waals surface area contributed by atoms with Crippen LogP contribution in [0.25, 0.3) is 0 Å². The fourth-order valence-electron chi connectivity index (χ4n) is 2.90. The summed E-state index contributed by atoms with van der Waals surface area (Å²) in [5, 5.41) is 2.75. The SMILES string of the molecule is COc1ccc(CCC(=O)Nc2cc(S(=O)(=O)NC(C)C)ccc2OC)cc1C. The van der Waals surface area contributed by atoms with E-state index < -0.39 is 10.0 Å². The summed E-state index contributed by atoms with van der Waals surface area (Å²) in [5.41, 5.74) is 2.33. The molecule has 0 bridgehead atoms. The average molecular weight is 421 g/mol. The minimum Gasteiger partial charge on any atom is -0.496 e. The molecule has 0 saturated carbocycles. The van der Waals surface area contributed by atoms with Gasteiger partial charge in [0.05, 0.1) is 24.8 Å². The van der Waals surface area contributed by atoms with Crippen LogP contribution in [0.3, 0.4) is 0 Å². The summed E-state index contributed by atoms with van der Waals surface area (Å²) in [6.45, 7) is 5.43. The van der Waals surface area contributed by atoms with Gasteiger partial charge in [-0.25, -0.2) is 13.1 Å². The third kappa shape index (κ3) is 6.20. The van der Waals surface area contributed by atoms with Crippen molar-refractivity contribution >= 4 is 21.6 Å². The largest absolute Gasteiger partial charge is 0.496 e. The second-order valence-electron chi connectivity index (χ2n) is 6.99. The van der Waals surface area contributed by atoms with Gasteiger partial charge in [-0.2, -0.15) is 0 Å². The van der Waals surface area contributed by atoms with E-state index in [0.29, 0.717) is 17.9 Å². The number of amides is 1. The van der Waals surface area contributed by atoms with Gasteiger partial charge < -0.3 is 14.8 Å². The normalized spacial score (nSPS) is 11.4. The predicted molar refractivity (Wildman–Crippen MR) is 113 cm³/mol. The summed E-state index contributed by atoms with van der Waals surface area (Å²) in [6.07, 6.45) is 0.794. The maximum absolute atomic E-state index is 12.4. The summed E-state index contributed by atoms with van der Waals surface area (Å²) in [5.74, 6) is 0.959. The Bertz CT molecular complexity index is 971. The van der Waals surface area contributed by atoms with Crippen LogP contribution >= 0.6 is 0 Å². The summed E-state index contributed by atoms with van der Waals surface area (Å²) >= 11 is 0. The summed E-state index contributed by atoms with van der Waals surface area (Å²) < 4.78 is 37.8. The van der Waals surface area contributed by atoms with Crippen molar-refractivity contribution in [2.45, 2.75) is 44.6 Å². The standard InChI is InChI=1S/C21H28N2O5S/c1-14(2)23-29(25,26)17-8-10-20(28-5)18(13-17)22-21(24)11-7-16-6-9-19(27-4)15(3)12-16/h6,8-10,12-14,23H,7,11H2,1-5H3,(H,22,24). The number of sulfonamides is 1. The van der Waals surface area contributed by atoms with Gasteiger partial charge in [0.2, 0.25) is 15.9 Å². The first kappa shape index (κ1) is 22.7. The molecular formula is C21H28N2O5S. The Hall–Kier alpha value is -2.58. The number of methoxy groups -OCH3 is 2. The van der Waals surface area contributed by atoms with Gasteiger partial charge in [0.15, 0.2) is 0 Å². The molecule has 0 unspecified atom stereocenters. The summed E-state index contributed by atoms with van der Waals surface area (Å²) in [4.78, 5) is 12.5. The third-order valence-electron chi connectivity index (χ3n) is 4.25. The first-order valence-corrected chi connectivity index (χ1v) is 10.8. The van der Waals surface area contributed by atoms with E-state index in [-0.39, 0.29) is 23.3 Å². The molecular weight excluding hydrogens is 392 g/mol. The zero-order valence-corrected chi connectivity index (χ0v) is 18.2. The molecule has 2 rings (SSSR count). The van der Waals surface area contributed by atoms with E-state index in [9.17, 15) is 13.2 Å². The maximum Gasteiger partial charge on any atom is 0.240 e. The Labute approximate surface area is 172 Å². The van der Waals surface area contributed by atoms with Crippen molar-refractivity contribution < 1.29 is 22.7 Å². The van der Waals surface area contributed by atoms with Crippen LogP contribution in [0.15, 0.2) is 41.3 Å². The van der Waals surface area contributed by atoms with Crippen LogP contribution in [0.1, 0.15) is 31.4 Å². The van der Waals surface area contributed by atoms with Crippen molar-refractivity contribution in [1.29, 1.82) is 0 Å². The lowest BCUT2D eigenvalue weighted by Crippen LogP contribution is -2.30. The molecule has 2 N–H and O–H groups in total. The molecule has 0 radical (unpaired) electrons. The number of anilines is 1. The third-order valence-corrected chi connectivity index (χ3v) is 5.90. The second kappa shape index (κ2) is 9.76. The fraction of sp³-hybridized carbons (Fsp3) is 0.381. The molecule has 2 aromatic rings. The van der Waals surface area contributed by atoms with E-state index in [1.54, 1.807) is 21.0 Å². The van der Waals surface area contributed by atoms with Gasteiger partial charge in [-0.15, -0.1) is 0 Å². The van der Waals surface area contributed by atoms with E-state index >= 15 is 0 Å². The molecule has 0 atom stereocenters. The van der Waals surface area contributed by atoms with Crippen LogP contribution in [0.2, 0.25) is 0 Å². The molecule has 2 aromatic carbocycles. The Kier molecular flexibility index (Phi) is 7.64. The van der Waals surface area contributed by atoms with E-state index in [1.165, 1.54) is 25.3 Å². The molecule has 1 amide bonds. The number of hydrogen-bond acceptors (Lipinski definition) is 5. The van der Waals surface area contributed by atoms with Crippen molar-refractivity contribution in [1.82, 2.24) is 4.72 Å². The lowest BCUT2D eigenvalue weighted by molar-refractivity contribution is -0.116. The molecule has 8 heteroatoms. The number of nitrogens with one attached hydrogen (secondary N) is 2. The number of benzene rings is 2. The molecule has 0 aliphatic rings. The monoisotopic (exact) mass is 420 g/mol. The van der Waals surface area contributed by atoms with Gasteiger partial charge in [-0.05, 0) is 62.6 Å². The first-order valence-electron chi connectivity index (χ1n) is 9.30. The molecule has 0 fully saturated rings. The molecule has 7 nitrogen and oxygen atoms in total. The fourth-order valence-corrected chi connectivity index (χ4v) is 4.17. The van der Waals surface area contributed by atoms with Gasteiger partial charge in [0.25, 0.3) is 0 Å². The molecule has 158 valence electrons. The molecule has 0 aliphatic carbocycles. The molecule has 29 heavy (non-hydrogen) atoms. The first-order chi connectivity index (χ1) is 13.7. The highest BCUT2D eigenvalue weighted by Crippen LogP contribution is 2.28. The minimum atomic E-state index is -3.68. The van der Waals surface area contributed by atoms with Gasteiger partial charge in [0.1, 0.15) is 11.5 Å². The van der Waals surface area contributed by atoms with E-state index in [0.717, 1.165) is 16.9 Å². The van der Waals surface area contributed by atoms with Crippen LogP contribution in [0, 0.1) is 6.92 Å². The van der Waals surface area contributed by atoms with Gasteiger partial charge in [-0.3, -0.25) is 4.79 Å². The Morgan fingerprint density at radius 1 is 1.03 bits per heavy atom. The lowest BCUT2D eigenvalue weighted by Gasteiger charge is -2.14. The number of aryl methyl sites for hydroxylation is 2. The van der Waals surface area contributed by atoms with Crippen LogP contribution in [-0.2, 0) is 21.2 Å². The van der Waals surface area contributed by atoms with Crippen LogP contribution < -0.4 is 19.5 Å². The van der Waals surface area contributed by atoms with Crippen molar-refractivity contribution in [3.05, 3.63) is 47.5 Å². The van der Waals surface area contributed by atoms with Crippen LogP contribution in [0.5, 0.6) is 11.5 Å². The van der Waals surface area contributed by atoms with Gasteiger partial charge in [-0.1, -0.05) is 12.1 Å². The summed E-state index contributed by atoms with van der Waals surface area (Å²) in [7, 11) is -0.595. The average Bonchev–Trinajstić information content (AvgIpc) is 2.65. The lowest BCUT2D eigenvalue weighted by atomic mass is 10.1. The summed E-state index contributed by atoms with van der Waals surface area (Å²) in [6, 6.07) is 9.91. The van der Waals surface area contributed by atoms with Gasteiger partial charge in [0, 0.05) is 12.5 Å². The molecule has 0 saturated heterocycles. The number of carbonyl (C=O) groups is 1. The highest BCUT2D eigenvalue weighted by molar-refractivity contribution is 7.89. The number of ether oxygens (including phenoxy) is 2. The van der Waals surface area contributed by atoms with Crippen molar-refractivity contribution in [2.24, 2.45) is 0 Å². The van der Waals surface area contributed by atoms with Crippen LogP contribution in [-0.4, -0.2) is 34.6 Å². The minimum absolute atomic E-state index is 0.0630.